The van der Waals surface area contributed by atoms with Gasteiger partial charge in [0.2, 0.25) is 0 Å². The molecule has 1 aromatic heterocycles. The second-order valence-corrected chi connectivity index (χ2v) is 6.40. The van der Waals surface area contributed by atoms with Crippen LogP contribution in [-0.2, 0) is 0 Å². The SMILES string of the molecule is Cc1ccc(Cl)cc1NC(=O)c1c(C)nn(-c2ccc(F)cc2F)c1C. The molecular weight excluding hydrogens is 360 g/mol. The number of nitrogens with zero attached hydrogens (tertiary/aromatic N) is 2. The molecule has 26 heavy (non-hydrogen) atoms. The van der Waals surface area contributed by atoms with Crippen molar-refractivity contribution in [1.29, 1.82) is 0 Å². The topological polar surface area (TPSA) is 46.9 Å². The fourth-order valence-corrected chi connectivity index (χ4v) is 2.94. The van der Waals surface area contributed by atoms with Crippen LogP contribution in [0.2, 0.25) is 5.02 Å². The van der Waals surface area contributed by atoms with E-state index >= 15 is 0 Å². The lowest BCUT2D eigenvalue weighted by Gasteiger charge is -2.10. The van der Waals surface area contributed by atoms with Crippen LogP contribution in [0, 0.1) is 32.4 Å². The average Bonchev–Trinajstić information content (AvgIpc) is 2.85. The van der Waals surface area contributed by atoms with Crippen LogP contribution in [0.25, 0.3) is 5.69 Å². The van der Waals surface area contributed by atoms with Crippen molar-refractivity contribution in [3.05, 3.63) is 75.6 Å². The maximum absolute atomic E-state index is 14.1. The van der Waals surface area contributed by atoms with E-state index < -0.39 is 11.6 Å². The van der Waals surface area contributed by atoms with Crippen LogP contribution < -0.4 is 5.32 Å². The Bertz CT molecular complexity index is 1010. The molecule has 0 saturated heterocycles. The van der Waals surface area contributed by atoms with Crippen molar-refractivity contribution in [3.63, 3.8) is 0 Å². The van der Waals surface area contributed by atoms with Gasteiger partial charge in [0, 0.05) is 16.8 Å². The Balaban J connectivity index is 2.00. The molecule has 0 bridgehead atoms. The first-order valence-electron chi connectivity index (χ1n) is 7.87. The summed E-state index contributed by atoms with van der Waals surface area (Å²) in [6.45, 7) is 5.16. The Morgan fingerprint density at radius 1 is 1.12 bits per heavy atom. The first-order chi connectivity index (χ1) is 12.3. The average molecular weight is 376 g/mol. The Hall–Kier alpha value is -2.73. The van der Waals surface area contributed by atoms with E-state index in [0.29, 0.717) is 27.7 Å². The third-order valence-electron chi connectivity index (χ3n) is 4.10. The van der Waals surface area contributed by atoms with E-state index in [0.717, 1.165) is 17.7 Å². The molecule has 1 N–H and O–H groups in total. The number of halogens is 3. The third-order valence-corrected chi connectivity index (χ3v) is 4.34. The molecule has 1 heterocycles. The normalized spacial score (nSPS) is 10.8. The number of aryl methyl sites for hydroxylation is 2. The summed E-state index contributed by atoms with van der Waals surface area (Å²) in [6, 6.07) is 8.40. The summed E-state index contributed by atoms with van der Waals surface area (Å²) in [4.78, 5) is 12.7. The molecule has 0 atom stereocenters. The molecule has 0 aliphatic rings. The lowest BCUT2D eigenvalue weighted by molar-refractivity contribution is 0.102. The summed E-state index contributed by atoms with van der Waals surface area (Å²) in [5, 5.41) is 7.55. The molecule has 0 radical (unpaired) electrons. The predicted octanol–water partition coefficient (Wildman–Crippen LogP) is 4.98. The molecule has 0 aliphatic heterocycles. The number of nitrogens with one attached hydrogen (secondary N) is 1. The van der Waals surface area contributed by atoms with Crippen LogP contribution in [0.1, 0.15) is 27.3 Å². The highest BCUT2D eigenvalue weighted by Gasteiger charge is 2.21. The number of amides is 1. The zero-order valence-electron chi connectivity index (χ0n) is 14.4. The van der Waals surface area contributed by atoms with Crippen LogP contribution in [-0.4, -0.2) is 15.7 Å². The van der Waals surface area contributed by atoms with Crippen molar-refractivity contribution in [3.8, 4) is 5.69 Å². The number of hydrogen-bond acceptors (Lipinski definition) is 2. The van der Waals surface area contributed by atoms with Gasteiger partial charge in [0.05, 0.1) is 17.0 Å². The second kappa shape index (κ2) is 6.88. The lowest BCUT2D eigenvalue weighted by atomic mass is 10.1. The highest BCUT2D eigenvalue weighted by Crippen LogP contribution is 2.24. The number of carbonyl (C=O) groups excluding carboxylic acids is 1. The van der Waals surface area contributed by atoms with E-state index in [1.54, 1.807) is 32.0 Å². The number of benzene rings is 2. The molecule has 0 fully saturated rings. The van der Waals surface area contributed by atoms with Gasteiger partial charge in [-0.1, -0.05) is 17.7 Å². The Morgan fingerprint density at radius 3 is 2.54 bits per heavy atom. The summed E-state index contributed by atoms with van der Waals surface area (Å²) >= 11 is 5.98. The number of carbonyl (C=O) groups is 1. The highest BCUT2D eigenvalue weighted by atomic mass is 35.5. The van der Waals surface area contributed by atoms with E-state index in [1.165, 1.54) is 10.7 Å². The zero-order chi connectivity index (χ0) is 19.0. The first kappa shape index (κ1) is 18.1. The van der Waals surface area contributed by atoms with Gasteiger partial charge in [0.15, 0.2) is 5.82 Å². The van der Waals surface area contributed by atoms with Crippen LogP contribution in [0.4, 0.5) is 14.5 Å². The largest absolute Gasteiger partial charge is 0.322 e. The fourth-order valence-electron chi connectivity index (χ4n) is 2.77. The molecule has 0 aliphatic carbocycles. The quantitative estimate of drug-likeness (QED) is 0.701. The lowest BCUT2D eigenvalue weighted by Crippen LogP contribution is -2.15. The first-order valence-corrected chi connectivity index (χ1v) is 8.25. The van der Waals surface area contributed by atoms with Gasteiger partial charge in [-0.3, -0.25) is 4.79 Å². The van der Waals surface area contributed by atoms with E-state index in [9.17, 15) is 13.6 Å². The van der Waals surface area contributed by atoms with E-state index in [-0.39, 0.29) is 11.6 Å². The van der Waals surface area contributed by atoms with Gasteiger partial charge in [-0.2, -0.15) is 5.10 Å². The fraction of sp³-hybridized carbons (Fsp3) is 0.158. The maximum atomic E-state index is 14.1. The number of aromatic nitrogens is 2. The van der Waals surface area contributed by atoms with Crippen LogP contribution in [0.3, 0.4) is 0 Å². The minimum Gasteiger partial charge on any atom is -0.322 e. The summed E-state index contributed by atoms with van der Waals surface area (Å²) in [5.41, 5.74) is 2.73. The number of rotatable bonds is 3. The molecule has 2 aromatic carbocycles. The smallest absolute Gasteiger partial charge is 0.259 e. The van der Waals surface area contributed by atoms with Crippen molar-refractivity contribution in [2.75, 3.05) is 5.32 Å². The van der Waals surface area contributed by atoms with Crippen molar-refractivity contribution >= 4 is 23.2 Å². The molecule has 134 valence electrons. The summed E-state index contributed by atoms with van der Waals surface area (Å²) in [7, 11) is 0. The molecule has 0 saturated carbocycles. The summed E-state index contributed by atoms with van der Waals surface area (Å²) in [5.74, 6) is -1.81. The van der Waals surface area contributed by atoms with Crippen molar-refractivity contribution < 1.29 is 13.6 Å². The van der Waals surface area contributed by atoms with Crippen molar-refractivity contribution in [2.24, 2.45) is 0 Å². The van der Waals surface area contributed by atoms with Gasteiger partial charge in [-0.25, -0.2) is 13.5 Å². The Labute approximate surface area is 154 Å². The second-order valence-electron chi connectivity index (χ2n) is 5.97. The monoisotopic (exact) mass is 375 g/mol. The van der Waals surface area contributed by atoms with Gasteiger partial charge in [-0.15, -0.1) is 0 Å². The Morgan fingerprint density at radius 2 is 1.85 bits per heavy atom. The molecule has 4 nitrogen and oxygen atoms in total. The minimum absolute atomic E-state index is 0.0741. The Kier molecular flexibility index (Phi) is 4.78. The van der Waals surface area contributed by atoms with E-state index in [1.807, 2.05) is 6.92 Å². The minimum atomic E-state index is -0.756. The molecule has 1 amide bonds. The number of hydrogen-bond donors (Lipinski definition) is 1. The highest BCUT2D eigenvalue weighted by molar-refractivity contribution is 6.31. The van der Waals surface area contributed by atoms with Crippen LogP contribution in [0.15, 0.2) is 36.4 Å². The molecule has 7 heteroatoms. The van der Waals surface area contributed by atoms with Gasteiger partial charge < -0.3 is 5.32 Å². The standard InChI is InChI=1S/C19H16ClF2N3O/c1-10-4-5-13(20)8-16(10)23-19(26)18-11(2)24-25(12(18)3)17-7-6-14(21)9-15(17)22/h4-9H,1-3H3,(H,23,26). The molecular formula is C19H16ClF2N3O. The molecule has 3 aromatic rings. The van der Waals surface area contributed by atoms with E-state index in [2.05, 4.69) is 10.4 Å². The van der Waals surface area contributed by atoms with Gasteiger partial charge in [0.25, 0.3) is 5.91 Å². The van der Waals surface area contributed by atoms with Crippen molar-refractivity contribution in [2.45, 2.75) is 20.8 Å². The summed E-state index contributed by atoms with van der Waals surface area (Å²) in [6.07, 6.45) is 0. The predicted molar refractivity (Wildman–Crippen MR) is 97.1 cm³/mol. The summed E-state index contributed by atoms with van der Waals surface area (Å²) < 4.78 is 28.5. The van der Waals surface area contributed by atoms with Crippen LogP contribution >= 0.6 is 11.6 Å². The van der Waals surface area contributed by atoms with E-state index in [4.69, 9.17) is 11.6 Å². The molecule has 0 unspecified atom stereocenters. The van der Waals surface area contributed by atoms with Crippen molar-refractivity contribution in [1.82, 2.24) is 9.78 Å². The van der Waals surface area contributed by atoms with Gasteiger partial charge in [0.1, 0.15) is 11.5 Å². The zero-order valence-corrected chi connectivity index (χ0v) is 15.2. The maximum Gasteiger partial charge on any atom is 0.259 e. The van der Waals surface area contributed by atoms with Crippen LogP contribution in [0.5, 0.6) is 0 Å². The number of anilines is 1. The molecule has 3 rings (SSSR count). The van der Waals surface area contributed by atoms with Gasteiger partial charge in [-0.05, 0) is 50.6 Å². The third kappa shape index (κ3) is 3.32. The molecule has 0 spiro atoms. The van der Waals surface area contributed by atoms with Gasteiger partial charge >= 0.3 is 0 Å².